The first-order valence-corrected chi connectivity index (χ1v) is 7.91. The maximum Gasteiger partial charge on any atom is 0.270 e. The number of nitrogens with one attached hydrogen (secondary N) is 2. The smallest absolute Gasteiger partial charge is 0.270 e. The van der Waals surface area contributed by atoms with Crippen LogP contribution in [0.1, 0.15) is 48.7 Å². The van der Waals surface area contributed by atoms with Crippen molar-refractivity contribution in [3.05, 3.63) is 53.5 Å². The number of aryl methyl sites for hydroxylation is 1. The van der Waals surface area contributed by atoms with E-state index in [0.29, 0.717) is 29.8 Å². The molecule has 2 aromatic rings. The van der Waals surface area contributed by atoms with Gasteiger partial charge in [0.1, 0.15) is 17.3 Å². The molecule has 0 saturated carbocycles. The molecule has 2 N–H and O–H groups in total. The third-order valence-electron chi connectivity index (χ3n) is 3.41. The standard InChI is InChI=1S/C18H24N4O/c1-12(2)11-19-18(23)16-10-17(22-14(4)21-16)20-13(3)15-8-6-5-7-9-15/h5-10,12-13H,11H2,1-4H3,(H,19,23)(H,20,21,22). The molecular weight excluding hydrogens is 288 g/mol. The zero-order chi connectivity index (χ0) is 16.8. The first-order chi connectivity index (χ1) is 11.0. The Bertz CT molecular complexity index is 655. The number of hydrogen-bond donors (Lipinski definition) is 2. The van der Waals surface area contributed by atoms with E-state index < -0.39 is 0 Å². The fourth-order valence-corrected chi connectivity index (χ4v) is 2.19. The number of rotatable bonds is 6. The Morgan fingerprint density at radius 1 is 1.13 bits per heavy atom. The van der Waals surface area contributed by atoms with Gasteiger partial charge in [0.05, 0.1) is 0 Å². The molecule has 1 unspecified atom stereocenters. The summed E-state index contributed by atoms with van der Waals surface area (Å²) in [6.07, 6.45) is 0. The number of anilines is 1. The molecule has 5 nitrogen and oxygen atoms in total. The number of hydrogen-bond acceptors (Lipinski definition) is 4. The van der Waals surface area contributed by atoms with Crippen LogP contribution in [-0.2, 0) is 0 Å². The molecule has 0 saturated heterocycles. The summed E-state index contributed by atoms with van der Waals surface area (Å²) >= 11 is 0. The van der Waals surface area contributed by atoms with Gasteiger partial charge in [0.15, 0.2) is 0 Å². The Morgan fingerprint density at radius 3 is 2.48 bits per heavy atom. The zero-order valence-electron chi connectivity index (χ0n) is 14.1. The van der Waals surface area contributed by atoms with Crippen LogP contribution in [0.5, 0.6) is 0 Å². The highest BCUT2D eigenvalue weighted by atomic mass is 16.1. The first kappa shape index (κ1) is 16.9. The second kappa shape index (κ2) is 7.72. The van der Waals surface area contributed by atoms with Gasteiger partial charge in [-0.1, -0.05) is 44.2 Å². The minimum atomic E-state index is -0.167. The van der Waals surface area contributed by atoms with Gasteiger partial charge in [0.2, 0.25) is 0 Å². The van der Waals surface area contributed by atoms with Crippen LogP contribution < -0.4 is 10.6 Å². The fraction of sp³-hybridized carbons (Fsp3) is 0.389. The van der Waals surface area contributed by atoms with Gasteiger partial charge in [-0.25, -0.2) is 9.97 Å². The van der Waals surface area contributed by atoms with Crippen LogP contribution in [-0.4, -0.2) is 22.4 Å². The van der Waals surface area contributed by atoms with Crippen LogP contribution in [0.15, 0.2) is 36.4 Å². The van der Waals surface area contributed by atoms with Crippen molar-refractivity contribution in [2.45, 2.75) is 33.7 Å². The summed E-state index contributed by atoms with van der Waals surface area (Å²) in [4.78, 5) is 20.8. The molecule has 1 atom stereocenters. The average Bonchev–Trinajstić information content (AvgIpc) is 2.52. The number of carbonyl (C=O) groups is 1. The second-order valence-corrected chi connectivity index (χ2v) is 6.07. The normalized spacial score (nSPS) is 12.0. The van der Waals surface area contributed by atoms with Gasteiger partial charge in [-0.3, -0.25) is 4.79 Å². The molecule has 0 fully saturated rings. The predicted molar refractivity (Wildman–Crippen MR) is 92.4 cm³/mol. The molecule has 23 heavy (non-hydrogen) atoms. The van der Waals surface area contributed by atoms with E-state index in [4.69, 9.17) is 0 Å². The summed E-state index contributed by atoms with van der Waals surface area (Å²) in [5, 5.41) is 6.21. The van der Waals surface area contributed by atoms with Crippen molar-refractivity contribution < 1.29 is 4.79 Å². The summed E-state index contributed by atoms with van der Waals surface area (Å²) < 4.78 is 0. The van der Waals surface area contributed by atoms with Gasteiger partial charge in [-0.15, -0.1) is 0 Å². The molecule has 0 aliphatic heterocycles. The summed E-state index contributed by atoms with van der Waals surface area (Å²) in [6.45, 7) is 8.59. The van der Waals surface area contributed by atoms with Crippen LogP contribution in [0.25, 0.3) is 0 Å². The van der Waals surface area contributed by atoms with Crippen molar-refractivity contribution in [3.8, 4) is 0 Å². The minimum absolute atomic E-state index is 0.0945. The molecule has 122 valence electrons. The Balaban J connectivity index is 2.12. The van der Waals surface area contributed by atoms with Gasteiger partial charge < -0.3 is 10.6 Å². The molecular formula is C18H24N4O. The van der Waals surface area contributed by atoms with Gasteiger partial charge in [-0.2, -0.15) is 0 Å². The lowest BCUT2D eigenvalue weighted by molar-refractivity contribution is 0.0943. The quantitative estimate of drug-likeness (QED) is 0.858. The maximum atomic E-state index is 12.2. The molecule has 0 aliphatic carbocycles. The number of nitrogens with zero attached hydrogens (tertiary/aromatic N) is 2. The molecule has 0 aliphatic rings. The van der Waals surface area contributed by atoms with Gasteiger partial charge in [0.25, 0.3) is 5.91 Å². The SMILES string of the molecule is Cc1nc(NC(C)c2ccccc2)cc(C(=O)NCC(C)C)n1. The first-order valence-electron chi connectivity index (χ1n) is 7.91. The fourth-order valence-electron chi connectivity index (χ4n) is 2.19. The lowest BCUT2D eigenvalue weighted by atomic mass is 10.1. The molecule has 0 spiro atoms. The van der Waals surface area contributed by atoms with E-state index >= 15 is 0 Å². The second-order valence-electron chi connectivity index (χ2n) is 6.07. The van der Waals surface area contributed by atoms with Crippen LogP contribution >= 0.6 is 0 Å². The highest BCUT2D eigenvalue weighted by Gasteiger charge is 2.12. The average molecular weight is 312 g/mol. The predicted octanol–water partition coefficient (Wildman–Crippen LogP) is 3.34. The van der Waals surface area contributed by atoms with E-state index in [2.05, 4.69) is 53.5 Å². The van der Waals surface area contributed by atoms with E-state index in [9.17, 15) is 4.79 Å². The molecule has 5 heteroatoms. The molecule has 2 rings (SSSR count). The monoisotopic (exact) mass is 312 g/mol. The molecule has 1 aromatic carbocycles. The number of benzene rings is 1. The Hall–Kier alpha value is -2.43. The third kappa shape index (κ3) is 5.06. The highest BCUT2D eigenvalue weighted by Crippen LogP contribution is 2.18. The van der Waals surface area contributed by atoms with E-state index in [1.54, 1.807) is 13.0 Å². The third-order valence-corrected chi connectivity index (χ3v) is 3.41. The molecule has 0 bridgehead atoms. The van der Waals surface area contributed by atoms with Crippen molar-refractivity contribution in [1.82, 2.24) is 15.3 Å². The largest absolute Gasteiger partial charge is 0.363 e. The van der Waals surface area contributed by atoms with Crippen LogP contribution in [0.3, 0.4) is 0 Å². The summed E-state index contributed by atoms with van der Waals surface area (Å²) in [5.41, 5.74) is 1.55. The van der Waals surface area contributed by atoms with Crippen LogP contribution in [0.2, 0.25) is 0 Å². The Kier molecular flexibility index (Phi) is 5.68. The van der Waals surface area contributed by atoms with E-state index in [1.807, 2.05) is 18.2 Å². The van der Waals surface area contributed by atoms with Crippen molar-refractivity contribution >= 4 is 11.7 Å². The number of carbonyl (C=O) groups excluding carboxylic acids is 1. The van der Waals surface area contributed by atoms with Crippen LogP contribution in [0.4, 0.5) is 5.82 Å². The molecule has 1 heterocycles. The Labute approximate surface area is 137 Å². The highest BCUT2D eigenvalue weighted by molar-refractivity contribution is 5.92. The van der Waals surface area contributed by atoms with E-state index in [0.717, 1.165) is 5.56 Å². The van der Waals surface area contributed by atoms with Gasteiger partial charge in [-0.05, 0) is 25.3 Å². The summed E-state index contributed by atoms with van der Waals surface area (Å²) in [6, 6.07) is 11.9. The number of amides is 1. The molecule has 0 radical (unpaired) electrons. The van der Waals surface area contributed by atoms with Crippen molar-refractivity contribution in [1.29, 1.82) is 0 Å². The molecule has 1 aromatic heterocycles. The number of aromatic nitrogens is 2. The van der Waals surface area contributed by atoms with E-state index in [-0.39, 0.29) is 11.9 Å². The lowest BCUT2D eigenvalue weighted by Gasteiger charge is -2.16. The van der Waals surface area contributed by atoms with Crippen molar-refractivity contribution in [3.63, 3.8) is 0 Å². The molecule has 1 amide bonds. The Morgan fingerprint density at radius 2 is 1.83 bits per heavy atom. The maximum absolute atomic E-state index is 12.2. The zero-order valence-corrected chi connectivity index (χ0v) is 14.1. The summed E-state index contributed by atoms with van der Waals surface area (Å²) in [7, 11) is 0. The van der Waals surface area contributed by atoms with E-state index in [1.165, 1.54) is 0 Å². The minimum Gasteiger partial charge on any atom is -0.363 e. The van der Waals surface area contributed by atoms with Crippen LogP contribution in [0, 0.1) is 12.8 Å². The summed E-state index contributed by atoms with van der Waals surface area (Å²) in [5.74, 6) is 1.46. The van der Waals surface area contributed by atoms with Crippen molar-refractivity contribution in [2.75, 3.05) is 11.9 Å². The lowest BCUT2D eigenvalue weighted by Crippen LogP contribution is -2.28. The van der Waals surface area contributed by atoms with Crippen molar-refractivity contribution in [2.24, 2.45) is 5.92 Å². The van der Waals surface area contributed by atoms with Gasteiger partial charge >= 0.3 is 0 Å². The van der Waals surface area contributed by atoms with Gasteiger partial charge in [0, 0.05) is 18.7 Å². The topological polar surface area (TPSA) is 66.9 Å².